The highest BCUT2D eigenvalue weighted by atomic mass is 35.5. The molecule has 15 heavy (non-hydrogen) atoms. The van der Waals surface area contributed by atoms with Crippen molar-refractivity contribution in [2.75, 3.05) is 32.1 Å². The first-order chi connectivity index (χ1) is 7.33. The molecule has 1 aliphatic heterocycles. The van der Waals surface area contributed by atoms with Crippen LogP contribution in [-0.4, -0.2) is 43.0 Å². The van der Waals surface area contributed by atoms with E-state index in [1.807, 2.05) is 0 Å². The van der Waals surface area contributed by atoms with Crippen molar-refractivity contribution in [2.24, 2.45) is 0 Å². The van der Waals surface area contributed by atoms with Crippen LogP contribution in [0.1, 0.15) is 32.1 Å². The first kappa shape index (κ1) is 12.8. The number of carbonyl (C=O) groups excluding carboxylic acids is 1. The van der Waals surface area contributed by atoms with Crippen molar-refractivity contribution in [2.45, 2.75) is 32.1 Å². The number of piperidine rings is 1. The Balaban J connectivity index is 1.93. The largest absolute Gasteiger partial charge is 0.466 e. The lowest BCUT2D eigenvalue weighted by Crippen LogP contribution is -2.31. The highest BCUT2D eigenvalue weighted by Crippen LogP contribution is 2.08. The highest BCUT2D eigenvalue weighted by molar-refractivity contribution is 6.18. The molecule has 0 spiro atoms. The van der Waals surface area contributed by atoms with Gasteiger partial charge in [-0.25, -0.2) is 0 Å². The summed E-state index contributed by atoms with van der Waals surface area (Å²) in [7, 11) is 0. The molecule has 1 aliphatic rings. The van der Waals surface area contributed by atoms with Crippen molar-refractivity contribution >= 4 is 17.6 Å². The third-order valence-electron chi connectivity index (χ3n) is 2.63. The second kappa shape index (κ2) is 7.94. The van der Waals surface area contributed by atoms with Crippen molar-refractivity contribution in [1.29, 1.82) is 0 Å². The summed E-state index contributed by atoms with van der Waals surface area (Å²) in [5.74, 6) is 0.175. The number of hydrogen-bond acceptors (Lipinski definition) is 3. The summed E-state index contributed by atoms with van der Waals surface area (Å²) in [4.78, 5) is 13.4. The van der Waals surface area contributed by atoms with Gasteiger partial charge in [-0.05, 0) is 32.4 Å². The monoisotopic (exact) mass is 233 g/mol. The van der Waals surface area contributed by atoms with Gasteiger partial charge in [0.05, 0.1) is 13.0 Å². The molecule has 0 unspecified atom stereocenters. The molecule has 0 aromatic rings. The molecule has 0 amide bonds. The molecular formula is C11H20ClNO2. The van der Waals surface area contributed by atoms with Crippen LogP contribution in [0.2, 0.25) is 0 Å². The summed E-state index contributed by atoms with van der Waals surface area (Å²) >= 11 is 5.42. The van der Waals surface area contributed by atoms with Crippen LogP contribution in [0.25, 0.3) is 0 Å². The number of rotatable bonds is 6. The first-order valence-electron chi connectivity index (χ1n) is 5.77. The van der Waals surface area contributed by atoms with Gasteiger partial charge in [-0.1, -0.05) is 6.42 Å². The second-order valence-corrected chi connectivity index (χ2v) is 4.29. The van der Waals surface area contributed by atoms with E-state index in [1.165, 1.54) is 32.4 Å². The fourth-order valence-corrected chi connectivity index (χ4v) is 1.96. The van der Waals surface area contributed by atoms with E-state index < -0.39 is 0 Å². The van der Waals surface area contributed by atoms with Gasteiger partial charge in [0.25, 0.3) is 0 Å². The average Bonchev–Trinajstić information content (AvgIpc) is 2.26. The standard InChI is InChI=1S/C11H20ClNO2/c12-6-5-11(14)15-10-4-9-13-7-2-1-3-8-13/h1-10H2. The minimum Gasteiger partial charge on any atom is -0.466 e. The Morgan fingerprint density at radius 1 is 1.27 bits per heavy atom. The Labute approximate surface area is 96.7 Å². The molecule has 0 atom stereocenters. The molecule has 1 rings (SSSR count). The van der Waals surface area contributed by atoms with Crippen LogP contribution >= 0.6 is 11.6 Å². The number of likely N-dealkylation sites (tertiary alicyclic amines) is 1. The number of ether oxygens (including phenoxy) is 1. The maximum absolute atomic E-state index is 11.0. The van der Waals surface area contributed by atoms with Crippen LogP contribution in [-0.2, 0) is 9.53 Å². The fourth-order valence-electron chi connectivity index (χ4n) is 1.81. The lowest BCUT2D eigenvalue weighted by atomic mass is 10.1. The van der Waals surface area contributed by atoms with Gasteiger partial charge < -0.3 is 9.64 Å². The van der Waals surface area contributed by atoms with E-state index in [2.05, 4.69) is 4.90 Å². The van der Waals surface area contributed by atoms with Crippen LogP contribution in [0.3, 0.4) is 0 Å². The Hall–Kier alpha value is -0.280. The Bertz CT molecular complexity index is 181. The fraction of sp³-hybridized carbons (Fsp3) is 0.909. The topological polar surface area (TPSA) is 29.5 Å². The molecule has 3 nitrogen and oxygen atoms in total. The smallest absolute Gasteiger partial charge is 0.306 e. The molecule has 0 saturated carbocycles. The minimum atomic E-state index is -0.177. The van der Waals surface area contributed by atoms with Crippen molar-refractivity contribution in [1.82, 2.24) is 4.90 Å². The molecule has 1 heterocycles. The molecule has 0 aromatic carbocycles. The lowest BCUT2D eigenvalue weighted by Gasteiger charge is -2.26. The van der Waals surface area contributed by atoms with E-state index in [-0.39, 0.29) is 5.97 Å². The van der Waals surface area contributed by atoms with Crippen molar-refractivity contribution < 1.29 is 9.53 Å². The summed E-state index contributed by atoms with van der Waals surface area (Å²) in [6.45, 7) is 3.99. The summed E-state index contributed by atoms with van der Waals surface area (Å²) in [6, 6.07) is 0. The average molecular weight is 234 g/mol. The minimum absolute atomic E-state index is 0.177. The number of alkyl halides is 1. The van der Waals surface area contributed by atoms with Crippen LogP contribution in [0, 0.1) is 0 Å². The zero-order valence-corrected chi connectivity index (χ0v) is 9.97. The highest BCUT2D eigenvalue weighted by Gasteiger charge is 2.09. The van der Waals surface area contributed by atoms with Crippen LogP contribution in [0.4, 0.5) is 0 Å². The van der Waals surface area contributed by atoms with E-state index in [1.54, 1.807) is 0 Å². The lowest BCUT2D eigenvalue weighted by molar-refractivity contribution is -0.143. The van der Waals surface area contributed by atoms with Crippen molar-refractivity contribution in [3.63, 3.8) is 0 Å². The van der Waals surface area contributed by atoms with E-state index in [0.717, 1.165) is 13.0 Å². The zero-order chi connectivity index (χ0) is 10.9. The molecule has 0 bridgehead atoms. The SMILES string of the molecule is O=C(CCCl)OCCCN1CCCCC1. The van der Waals surface area contributed by atoms with E-state index in [9.17, 15) is 4.79 Å². The van der Waals surface area contributed by atoms with Gasteiger partial charge >= 0.3 is 5.97 Å². The van der Waals surface area contributed by atoms with Gasteiger partial charge in [-0.3, -0.25) is 4.79 Å². The number of halogens is 1. The van der Waals surface area contributed by atoms with Gasteiger partial charge in [0.1, 0.15) is 0 Å². The first-order valence-corrected chi connectivity index (χ1v) is 6.30. The van der Waals surface area contributed by atoms with Crippen molar-refractivity contribution in [3.8, 4) is 0 Å². The normalized spacial score (nSPS) is 17.7. The maximum Gasteiger partial charge on any atom is 0.306 e. The predicted molar refractivity (Wildman–Crippen MR) is 61.2 cm³/mol. The molecule has 0 aliphatic carbocycles. The Morgan fingerprint density at radius 2 is 2.00 bits per heavy atom. The van der Waals surface area contributed by atoms with Crippen LogP contribution in [0.5, 0.6) is 0 Å². The molecule has 88 valence electrons. The summed E-state index contributed by atoms with van der Waals surface area (Å²) in [5.41, 5.74) is 0. The Morgan fingerprint density at radius 3 is 2.67 bits per heavy atom. The molecule has 0 N–H and O–H groups in total. The van der Waals surface area contributed by atoms with Crippen molar-refractivity contribution in [3.05, 3.63) is 0 Å². The summed E-state index contributed by atoms with van der Waals surface area (Å²) < 4.78 is 5.02. The van der Waals surface area contributed by atoms with Gasteiger partial charge in [0.15, 0.2) is 0 Å². The third kappa shape index (κ3) is 6.00. The van der Waals surface area contributed by atoms with Gasteiger partial charge in [0, 0.05) is 12.4 Å². The molecule has 0 aromatic heterocycles. The van der Waals surface area contributed by atoms with Crippen LogP contribution < -0.4 is 0 Å². The van der Waals surface area contributed by atoms with Gasteiger partial charge in [0.2, 0.25) is 0 Å². The molecule has 4 heteroatoms. The number of carbonyl (C=O) groups is 1. The summed E-state index contributed by atoms with van der Waals surface area (Å²) in [5, 5.41) is 0. The maximum atomic E-state index is 11.0. The van der Waals surface area contributed by atoms with E-state index >= 15 is 0 Å². The summed E-state index contributed by atoms with van der Waals surface area (Å²) in [6.07, 6.45) is 5.25. The third-order valence-corrected chi connectivity index (χ3v) is 2.82. The zero-order valence-electron chi connectivity index (χ0n) is 9.21. The number of hydrogen-bond donors (Lipinski definition) is 0. The van der Waals surface area contributed by atoms with E-state index in [0.29, 0.717) is 18.9 Å². The Kier molecular flexibility index (Phi) is 6.77. The van der Waals surface area contributed by atoms with Gasteiger partial charge in [-0.2, -0.15) is 0 Å². The molecular weight excluding hydrogens is 214 g/mol. The number of nitrogens with zero attached hydrogens (tertiary/aromatic N) is 1. The van der Waals surface area contributed by atoms with Crippen LogP contribution in [0.15, 0.2) is 0 Å². The van der Waals surface area contributed by atoms with Gasteiger partial charge in [-0.15, -0.1) is 11.6 Å². The van der Waals surface area contributed by atoms with E-state index in [4.69, 9.17) is 16.3 Å². The molecule has 1 fully saturated rings. The quantitative estimate of drug-likeness (QED) is 0.400. The molecule has 1 saturated heterocycles. The number of esters is 1. The second-order valence-electron chi connectivity index (χ2n) is 3.92. The molecule has 0 radical (unpaired) electrons. The predicted octanol–water partition coefficient (Wildman–Crippen LogP) is 2.03.